The van der Waals surface area contributed by atoms with E-state index in [0.717, 1.165) is 0 Å². The normalized spacial score (nSPS) is 16.8. The molecule has 2 amide bonds. The molecule has 0 radical (unpaired) electrons. The Hall–Kier alpha value is -3.16. The molecule has 1 atom stereocenters. The minimum absolute atomic E-state index is 0.113. The van der Waals surface area contributed by atoms with Crippen molar-refractivity contribution in [1.29, 1.82) is 0 Å². The van der Waals surface area contributed by atoms with Gasteiger partial charge in [-0.2, -0.15) is 0 Å². The molecule has 1 aliphatic rings. The zero-order valence-electron chi connectivity index (χ0n) is 13.8. The molecule has 1 fully saturated rings. The first kappa shape index (κ1) is 16.7. The van der Waals surface area contributed by atoms with Gasteiger partial charge < -0.3 is 19.5 Å². The maximum absolute atomic E-state index is 12.3. The lowest BCUT2D eigenvalue weighted by Crippen LogP contribution is -2.28. The maximum atomic E-state index is 12.3. The summed E-state index contributed by atoms with van der Waals surface area (Å²) in [5.74, 6) is -0.442. The van der Waals surface area contributed by atoms with E-state index >= 15 is 0 Å². The molecule has 0 bridgehead atoms. The molecule has 1 N–H and O–H groups in total. The highest BCUT2D eigenvalue weighted by Crippen LogP contribution is 2.26. The number of ether oxygens (including phenoxy) is 1. The summed E-state index contributed by atoms with van der Waals surface area (Å²) in [6.07, 6.45) is 0.113. The fraction of sp³-hybridized carbons (Fsp3) is 0.294. The summed E-state index contributed by atoms with van der Waals surface area (Å²) in [5.41, 5.74) is 1.03. The van der Waals surface area contributed by atoms with Gasteiger partial charge in [0.1, 0.15) is 5.76 Å². The first-order chi connectivity index (χ1) is 12.0. The fourth-order valence-corrected chi connectivity index (χ4v) is 2.68. The van der Waals surface area contributed by atoms with Crippen molar-refractivity contribution in [2.24, 2.45) is 5.92 Å². The zero-order valence-corrected chi connectivity index (χ0v) is 13.8. The number of anilines is 2. The van der Waals surface area contributed by atoms with Crippen LogP contribution in [0.15, 0.2) is 34.9 Å². The van der Waals surface area contributed by atoms with Crippen LogP contribution in [0.4, 0.5) is 11.5 Å². The van der Waals surface area contributed by atoms with E-state index in [-0.39, 0.29) is 24.8 Å². The molecular formula is C17H17N3O5. The quantitative estimate of drug-likeness (QED) is 0.849. The average molecular weight is 343 g/mol. The number of hydrogen-bond acceptors (Lipinski definition) is 6. The van der Waals surface area contributed by atoms with Crippen molar-refractivity contribution in [2.75, 3.05) is 23.9 Å². The molecular weight excluding hydrogens is 326 g/mol. The molecule has 0 aliphatic carbocycles. The van der Waals surface area contributed by atoms with Crippen molar-refractivity contribution in [1.82, 2.24) is 5.16 Å². The maximum Gasteiger partial charge on any atom is 0.337 e. The predicted octanol–water partition coefficient (Wildman–Crippen LogP) is 1.76. The highest BCUT2D eigenvalue weighted by molar-refractivity contribution is 6.03. The molecule has 1 saturated heterocycles. The van der Waals surface area contributed by atoms with Gasteiger partial charge >= 0.3 is 5.97 Å². The first-order valence-electron chi connectivity index (χ1n) is 7.71. The van der Waals surface area contributed by atoms with Crippen molar-refractivity contribution < 1.29 is 23.6 Å². The Kier molecular flexibility index (Phi) is 4.51. The Morgan fingerprint density at radius 3 is 2.64 bits per heavy atom. The van der Waals surface area contributed by atoms with Crippen LogP contribution in [0.25, 0.3) is 0 Å². The number of benzene rings is 1. The van der Waals surface area contributed by atoms with Gasteiger partial charge in [0.25, 0.3) is 0 Å². The third-order valence-corrected chi connectivity index (χ3v) is 3.98. The van der Waals surface area contributed by atoms with Crippen LogP contribution < -0.4 is 10.2 Å². The molecule has 2 aromatic rings. The summed E-state index contributed by atoms with van der Waals surface area (Å²) >= 11 is 0. The van der Waals surface area contributed by atoms with Crippen LogP contribution in [0, 0.1) is 12.8 Å². The number of methoxy groups -OCH3 is 1. The molecule has 0 spiro atoms. The monoisotopic (exact) mass is 343 g/mol. The van der Waals surface area contributed by atoms with Crippen LogP contribution >= 0.6 is 0 Å². The van der Waals surface area contributed by atoms with Crippen molar-refractivity contribution >= 4 is 29.3 Å². The van der Waals surface area contributed by atoms with Gasteiger partial charge in [0, 0.05) is 24.7 Å². The van der Waals surface area contributed by atoms with Crippen LogP contribution in [-0.2, 0) is 14.3 Å². The minimum atomic E-state index is -0.482. The molecule has 8 nitrogen and oxygen atoms in total. The number of aryl methyl sites for hydroxylation is 1. The fourth-order valence-electron chi connectivity index (χ4n) is 2.68. The molecule has 1 aromatic carbocycles. The second-order valence-electron chi connectivity index (χ2n) is 5.76. The summed E-state index contributed by atoms with van der Waals surface area (Å²) in [6, 6.07) is 8.09. The average Bonchev–Trinajstić information content (AvgIpc) is 3.20. The summed E-state index contributed by atoms with van der Waals surface area (Å²) in [6.45, 7) is 1.99. The molecule has 25 heavy (non-hydrogen) atoms. The van der Waals surface area contributed by atoms with Crippen molar-refractivity contribution in [2.45, 2.75) is 13.3 Å². The summed E-state index contributed by atoms with van der Waals surface area (Å²) in [7, 11) is 1.31. The zero-order chi connectivity index (χ0) is 18.0. The SMILES string of the molecule is COC(=O)c1ccc(N2CC(C(=O)Nc3cc(C)on3)CC2=O)cc1. The lowest BCUT2D eigenvalue weighted by Gasteiger charge is -2.16. The standard InChI is InChI=1S/C17H17N3O5/c1-10-7-14(19-25-10)18-16(22)12-8-15(21)20(9-12)13-5-3-11(4-6-13)17(23)24-2/h3-7,12H,8-9H2,1-2H3,(H,18,19,22). The highest BCUT2D eigenvalue weighted by Gasteiger charge is 2.35. The van der Waals surface area contributed by atoms with Gasteiger partial charge in [-0.3, -0.25) is 9.59 Å². The summed E-state index contributed by atoms with van der Waals surface area (Å²) in [5, 5.41) is 6.35. The third-order valence-electron chi connectivity index (χ3n) is 3.98. The van der Waals surface area contributed by atoms with Crippen LogP contribution in [0.3, 0.4) is 0 Å². The first-order valence-corrected chi connectivity index (χ1v) is 7.71. The van der Waals surface area contributed by atoms with E-state index in [1.807, 2.05) is 0 Å². The number of nitrogens with zero attached hydrogens (tertiary/aromatic N) is 2. The molecule has 1 aliphatic heterocycles. The number of amides is 2. The van der Waals surface area contributed by atoms with Gasteiger partial charge in [0.05, 0.1) is 18.6 Å². The van der Waals surface area contributed by atoms with Crippen LogP contribution in [-0.4, -0.2) is 36.6 Å². The third kappa shape index (κ3) is 3.52. The van der Waals surface area contributed by atoms with E-state index < -0.39 is 11.9 Å². The molecule has 0 saturated carbocycles. The van der Waals surface area contributed by atoms with Gasteiger partial charge in [-0.1, -0.05) is 5.16 Å². The second kappa shape index (κ2) is 6.76. The minimum Gasteiger partial charge on any atom is -0.465 e. The number of esters is 1. The predicted molar refractivity (Wildman–Crippen MR) is 88.1 cm³/mol. The van der Waals surface area contributed by atoms with Crippen molar-refractivity contribution in [3.8, 4) is 0 Å². The van der Waals surface area contributed by atoms with Gasteiger partial charge in [0.15, 0.2) is 5.82 Å². The van der Waals surface area contributed by atoms with E-state index in [2.05, 4.69) is 15.2 Å². The Bertz CT molecular complexity index is 812. The molecule has 8 heteroatoms. The van der Waals surface area contributed by atoms with Crippen LogP contribution in [0.2, 0.25) is 0 Å². The van der Waals surface area contributed by atoms with E-state index in [0.29, 0.717) is 22.8 Å². The number of carbonyl (C=O) groups is 3. The van der Waals surface area contributed by atoms with Crippen LogP contribution in [0.5, 0.6) is 0 Å². The topological polar surface area (TPSA) is 102 Å². The van der Waals surface area contributed by atoms with Gasteiger partial charge in [-0.25, -0.2) is 4.79 Å². The Labute approximate surface area is 143 Å². The van der Waals surface area contributed by atoms with E-state index in [4.69, 9.17) is 4.52 Å². The largest absolute Gasteiger partial charge is 0.465 e. The molecule has 2 heterocycles. The smallest absolute Gasteiger partial charge is 0.337 e. The van der Waals surface area contributed by atoms with E-state index in [1.165, 1.54) is 12.0 Å². The van der Waals surface area contributed by atoms with Gasteiger partial charge in [-0.05, 0) is 31.2 Å². The Balaban J connectivity index is 1.67. The molecule has 1 unspecified atom stereocenters. The molecule has 1 aromatic heterocycles. The summed E-state index contributed by atoms with van der Waals surface area (Å²) < 4.78 is 9.54. The number of carbonyl (C=O) groups excluding carboxylic acids is 3. The van der Waals surface area contributed by atoms with E-state index in [9.17, 15) is 14.4 Å². The Morgan fingerprint density at radius 1 is 1.32 bits per heavy atom. The molecule has 130 valence electrons. The highest BCUT2D eigenvalue weighted by atomic mass is 16.5. The van der Waals surface area contributed by atoms with Gasteiger partial charge in [-0.15, -0.1) is 0 Å². The number of aromatic nitrogens is 1. The molecule has 3 rings (SSSR count). The van der Waals surface area contributed by atoms with Crippen molar-refractivity contribution in [3.05, 3.63) is 41.7 Å². The number of nitrogens with one attached hydrogen (secondary N) is 1. The van der Waals surface area contributed by atoms with Gasteiger partial charge in [0.2, 0.25) is 11.8 Å². The lowest BCUT2D eigenvalue weighted by molar-refractivity contribution is -0.122. The van der Waals surface area contributed by atoms with E-state index in [1.54, 1.807) is 37.3 Å². The number of rotatable bonds is 4. The lowest BCUT2D eigenvalue weighted by atomic mass is 10.1. The second-order valence-corrected chi connectivity index (χ2v) is 5.76. The number of hydrogen-bond donors (Lipinski definition) is 1. The van der Waals surface area contributed by atoms with Crippen molar-refractivity contribution in [3.63, 3.8) is 0 Å². The summed E-state index contributed by atoms with van der Waals surface area (Å²) in [4.78, 5) is 37.5. The Morgan fingerprint density at radius 2 is 2.04 bits per heavy atom. The van der Waals surface area contributed by atoms with Crippen LogP contribution in [0.1, 0.15) is 22.5 Å².